The summed E-state index contributed by atoms with van der Waals surface area (Å²) in [5.74, 6) is 1.52. The molecule has 1 fully saturated rings. The molecule has 0 atom stereocenters. The highest BCUT2D eigenvalue weighted by Crippen LogP contribution is 2.41. The van der Waals surface area contributed by atoms with Crippen molar-refractivity contribution in [3.63, 3.8) is 0 Å². The van der Waals surface area contributed by atoms with E-state index >= 15 is 0 Å². The molecule has 2 aliphatic rings. The summed E-state index contributed by atoms with van der Waals surface area (Å²) >= 11 is 1.51. The second-order valence-corrected chi connectivity index (χ2v) is 9.35. The predicted molar refractivity (Wildman–Crippen MR) is 126 cm³/mol. The minimum absolute atomic E-state index is 0.0477. The number of amidine groups is 1. The molecule has 1 aliphatic heterocycles. The number of aromatic nitrogens is 2. The van der Waals surface area contributed by atoms with E-state index in [4.69, 9.17) is 15.1 Å². The molecule has 1 aliphatic carbocycles. The first-order chi connectivity index (χ1) is 15.5. The highest BCUT2D eigenvalue weighted by Gasteiger charge is 2.31. The monoisotopic (exact) mass is 447 g/mol. The van der Waals surface area contributed by atoms with E-state index in [-0.39, 0.29) is 12.3 Å². The van der Waals surface area contributed by atoms with Crippen LogP contribution >= 0.6 is 11.3 Å². The Morgan fingerprint density at radius 3 is 2.78 bits per heavy atom. The van der Waals surface area contributed by atoms with Crippen molar-refractivity contribution in [3.05, 3.63) is 58.4 Å². The molecule has 3 heterocycles. The van der Waals surface area contributed by atoms with Crippen LogP contribution in [0.15, 0.2) is 35.8 Å². The fraction of sp³-hybridized carbons (Fsp3) is 0.333. The standard InChI is InChI=1S/C24H25N5O2S/c1-28(2)19-11-16(10-17(22(19)31-3)24-26-8-9-32-24)20(30)13-29-12-15-6-7-18(14-4-5-14)27-21(15)23(29)25/h6-11,14,25H,4-5,12-13H2,1-3H3. The van der Waals surface area contributed by atoms with E-state index in [0.29, 0.717) is 29.6 Å². The third-order valence-corrected chi connectivity index (χ3v) is 6.78. The summed E-state index contributed by atoms with van der Waals surface area (Å²) in [6.07, 6.45) is 4.10. The first kappa shape index (κ1) is 20.6. The zero-order valence-corrected chi connectivity index (χ0v) is 19.2. The van der Waals surface area contributed by atoms with Crippen molar-refractivity contribution in [1.82, 2.24) is 14.9 Å². The number of anilines is 1. The van der Waals surface area contributed by atoms with Crippen LogP contribution in [-0.4, -0.2) is 54.2 Å². The maximum absolute atomic E-state index is 13.3. The third-order valence-electron chi connectivity index (χ3n) is 5.97. The molecule has 0 spiro atoms. The number of thiazole rings is 1. The number of carbonyl (C=O) groups is 1. The third kappa shape index (κ3) is 3.64. The average molecular weight is 448 g/mol. The number of benzene rings is 1. The average Bonchev–Trinajstić information content (AvgIpc) is 3.41. The van der Waals surface area contributed by atoms with Gasteiger partial charge in [-0.3, -0.25) is 10.2 Å². The second kappa shape index (κ2) is 8.02. The number of hydrogen-bond acceptors (Lipinski definition) is 7. The Morgan fingerprint density at radius 1 is 1.31 bits per heavy atom. The van der Waals surface area contributed by atoms with E-state index in [2.05, 4.69) is 17.1 Å². The van der Waals surface area contributed by atoms with E-state index in [0.717, 1.165) is 33.2 Å². The highest BCUT2D eigenvalue weighted by molar-refractivity contribution is 7.13. The normalized spacial score (nSPS) is 15.1. The lowest BCUT2D eigenvalue weighted by Crippen LogP contribution is -2.30. The predicted octanol–water partition coefficient (Wildman–Crippen LogP) is 4.18. The molecule has 0 amide bonds. The Bertz CT molecular complexity index is 1200. The van der Waals surface area contributed by atoms with Crippen LogP contribution in [-0.2, 0) is 6.54 Å². The van der Waals surface area contributed by atoms with Crippen molar-refractivity contribution in [3.8, 4) is 16.3 Å². The minimum atomic E-state index is -0.0477. The van der Waals surface area contributed by atoms with Crippen molar-refractivity contribution in [2.45, 2.75) is 25.3 Å². The fourth-order valence-corrected chi connectivity index (χ4v) is 4.76. The van der Waals surface area contributed by atoms with Crippen LogP contribution in [0.25, 0.3) is 10.6 Å². The van der Waals surface area contributed by atoms with E-state index in [1.165, 1.54) is 24.2 Å². The molecule has 0 saturated heterocycles. The van der Waals surface area contributed by atoms with Gasteiger partial charge in [-0.2, -0.15) is 0 Å². The number of rotatable bonds is 7. The largest absolute Gasteiger partial charge is 0.494 e. The van der Waals surface area contributed by atoms with Gasteiger partial charge in [0.15, 0.2) is 11.5 Å². The zero-order valence-electron chi connectivity index (χ0n) is 18.4. The van der Waals surface area contributed by atoms with Gasteiger partial charge in [-0.15, -0.1) is 11.3 Å². The number of carbonyl (C=O) groups excluding carboxylic acids is 1. The van der Waals surface area contributed by atoms with Crippen LogP contribution in [0.1, 0.15) is 46.1 Å². The van der Waals surface area contributed by atoms with Gasteiger partial charge < -0.3 is 14.5 Å². The summed E-state index contributed by atoms with van der Waals surface area (Å²) < 4.78 is 5.69. The Kier molecular flexibility index (Phi) is 5.17. The lowest BCUT2D eigenvalue weighted by atomic mass is 10.0. The van der Waals surface area contributed by atoms with E-state index in [1.807, 2.05) is 36.5 Å². The van der Waals surface area contributed by atoms with Gasteiger partial charge in [-0.1, -0.05) is 6.07 Å². The summed E-state index contributed by atoms with van der Waals surface area (Å²) in [4.78, 5) is 26.2. The van der Waals surface area contributed by atoms with Gasteiger partial charge in [0.2, 0.25) is 0 Å². The number of pyridine rings is 1. The molecule has 7 nitrogen and oxygen atoms in total. The fourth-order valence-electron chi connectivity index (χ4n) is 4.11. The lowest BCUT2D eigenvalue weighted by Gasteiger charge is -2.21. The number of nitrogens with zero attached hydrogens (tertiary/aromatic N) is 4. The smallest absolute Gasteiger partial charge is 0.182 e. The summed E-state index contributed by atoms with van der Waals surface area (Å²) in [5.41, 5.74) is 5.00. The van der Waals surface area contributed by atoms with Crippen molar-refractivity contribution in [2.24, 2.45) is 0 Å². The highest BCUT2D eigenvalue weighted by atomic mass is 32.1. The summed E-state index contributed by atoms with van der Waals surface area (Å²) in [6, 6.07) is 7.84. The van der Waals surface area contributed by atoms with Crippen molar-refractivity contribution in [2.75, 3.05) is 32.6 Å². The number of ether oxygens (including phenoxy) is 1. The molecule has 1 saturated carbocycles. The van der Waals surface area contributed by atoms with E-state index in [1.54, 1.807) is 18.2 Å². The molecule has 3 aromatic rings. The van der Waals surface area contributed by atoms with Crippen LogP contribution < -0.4 is 9.64 Å². The van der Waals surface area contributed by atoms with Gasteiger partial charge in [0.1, 0.15) is 16.5 Å². The first-order valence-electron chi connectivity index (χ1n) is 10.6. The second-order valence-electron chi connectivity index (χ2n) is 8.45. The van der Waals surface area contributed by atoms with Gasteiger partial charge >= 0.3 is 0 Å². The molecule has 32 heavy (non-hydrogen) atoms. The molecule has 2 aromatic heterocycles. The van der Waals surface area contributed by atoms with Gasteiger partial charge in [-0.25, -0.2) is 9.97 Å². The quantitative estimate of drug-likeness (QED) is 0.547. The van der Waals surface area contributed by atoms with Crippen LogP contribution in [0.3, 0.4) is 0 Å². The van der Waals surface area contributed by atoms with Crippen LogP contribution in [0.4, 0.5) is 5.69 Å². The molecule has 164 valence electrons. The van der Waals surface area contributed by atoms with Gasteiger partial charge in [0, 0.05) is 55.0 Å². The Hall–Kier alpha value is -3.26. The molecule has 1 N–H and O–H groups in total. The number of nitrogens with one attached hydrogen (secondary N) is 1. The molecular formula is C24H25N5O2S. The number of ketones is 1. The Labute approximate surface area is 191 Å². The first-order valence-corrected chi connectivity index (χ1v) is 11.5. The summed E-state index contributed by atoms with van der Waals surface area (Å²) in [7, 11) is 5.48. The minimum Gasteiger partial charge on any atom is -0.494 e. The van der Waals surface area contributed by atoms with Crippen molar-refractivity contribution < 1.29 is 9.53 Å². The molecule has 0 unspecified atom stereocenters. The Balaban J connectivity index is 1.44. The number of methoxy groups -OCH3 is 1. The topological polar surface area (TPSA) is 82.4 Å². The Morgan fingerprint density at radius 2 is 2.12 bits per heavy atom. The maximum atomic E-state index is 13.3. The van der Waals surface area contributed by atoms with Gasteiger partial charge in [0.25, 0.3) is 0 Å². The maximum Gasteiger partial charge on any atom is 0.182 e. The summed E-state index contributed by atoms with van der Waals surface area (Å²) in [5, 5.41) is 11.3. The van der Waals surface area contributed by atoms with Crippen LogP contribution in [0, 0.1) is 5.41 Å². The summed E-state index contributed by atoms with van der Waals surface area (Å²) in [6.45, 7) is 0.665. The number of hydrogen-bond donors (Lipinski definition) is 1. The number of Topliss-reactive ketones (excluding diaryl/α,β-unsaturated/α-hetero) is 1. The molecule has 5 rings (SSSR count). The van der Waals surface area contributed by atoms with Crippen LogP contribution in [0.2, 0.25) is 0 Å². The van der Waals surface area contributed by atoms with Crippen molar-refractivity contribution in [1.29, 1.82) is 5.41 Å². The van der Waals surface area contributed by atoms with Gasteiger partial charge in [0.05, 0.1) is 24.9 Å². The number of fused-ring (bicyclic) bond motifs is 1. The van der Waals surface area contributed by atoms with Gasteiger partial charge in [-0.05, 0) is 31.0 Å². The molecular weight excluding hydrogens is 422 g/mol. The molecule has 0 bridgehead atoms. The lowest BCUT2D eigenvalue weighted by molar-refractivity contribution is 0.0962. The SMILES string of the molecule is COc1c(-c2nccs2)cc(C(=O)CN2Cc3ccc(C4CC4)nc3C2=N)cc1N(C)C. The van der Waals surface area contributed by atoms with Crippen molar-refractivity contribution >= 4 is 28.6 Å². The van der Waals surface area contributed by atoms with E-state index < -0.39 is 0 Å². The molecule has 1 aromatic carbocycles. The van der Waals surface area contributed by atoms with Crippen LogP contribution in [0.5, 0.6) is 5.75 Å². The zero-order chi connectivity index (χ0) is 22.4. The van der Waals surface area contributed by atoms with E-state index in [9.17, 15) is 4.79 Å². The molecule has 8 heteroatoms. The molecule has 0 radical (unpaired) electrons.